The number of rotatable bonds is 2. The fourth-order valence-electron chi connectivity index (χ4n) is 5.55. The van der Waals surface area contributed by atoms with Crippen LogP contribution in [0, 0.1) is 0 Å². The molecule has 0 spiro atoms. The van der Waals surface area contributed by atoms with E-state index in [0.29, 0.717) is 0 Å². The van der Waals surface area contributed by atoms with Gasteiger partial charge in [0.1, 0.15) is 0 Å². The molecule has 5 aromatic carbocycles. The lowest BCUT2D eigenvalue weighted by Gasteiger charge is -2.35. The lowest BCUT2D eigenvalue weighted by atomic mass is 9.36. The summed E-state index contributed by atoms with van der Waals surface area (Å²) in [7, 11) is 0. The normalized spacial score (nSPS) is 13.5. The number of fused-ring (bicyclic) bond motifs is 4. The average Bonchev–Trinajstić information content (AvgIpc) is 2.92. The molecule has 2 heterocycles. The maximum absolute atomic E-state index is 2.46. The predicted octanol–water partition coefficient (Wildman–Crippen LogP) is 7.76. The molecule has 0 saturated heterocycles. The van der Waals surface area contributed by atoms with Gasteiger partial charge in [-0.15, -0.1) is 0 Å². The lowest BCUT2D eigenvalue weighted by Crippen LogP contribution is -2.58. The molecule has 0 aliphatic carbocycles. The average molecular weight is 511 g/mol. The van der Waals surface area contributed by atoms with Crippen molar-refractivity contribution in [2.75, 3.05) is 0 Å². The van der Waals surface area contributed by atoms with Gasteiger partial charge in [-0.05, 0) is 63.0 Å². The fraction of sp³-hybridized carbons (Fsp3) is 0.118. The molecule has 0 amide bonds. The molecule has 0 nitrogen and oxygen atoms in total. The van der Waals surface area contributed by atoms with Crippen LogP contribution in [-0.2, 0) is 5.41 Å². The van der Waals surface area contributed by atoms with E-state index >= 15 is 0 Å². The van der Waals surface area contributed by atoms with Crippen LogP contribution in [0.3, 0.4) is 0 Å². The molecular weight excluding hydrogens is 483 g/mol. The van der Waals surface area contributed by atoms with Crippen LogP contribution < -0.4 is 16.4 Å². The van der Waals surface area contributed by atoms with Crippen LogP contribution >= 0.6 is 23.5 Å². The maximum Gasteiger partial charge on any atom is 0.247 e. The Hall–Kier alpha value is -3.14. The third kappa shape index (κ3) is 3.96. The predicted molar refractivity (Wildman–Crippen MR) is 162 cm³/mol. The van der Waals surface area contributed by atoms with E-state index in [1.807, 2.05) is 23.5 Å². The topological polar surface area (TPSA) is 0 Å². The highest BCUT2D eigenvalue weighted by Gasteiger charge is 2.39. The van der Waals surface area contributed by atoms with Crippen molar-refractivity contribution < 1.29 is 0 Å². The Bertz CT molecular complexity index is 1540. The Kier molecular flexibility index (Phi) is 5.42. The molecule has 178 valence electrons. The molecule has 7 rings (SSSR count). The van der Waals surface area contributed by atoms with Gasteiger partial charge in [0.2, 0.25) is 6.71 Å². The third-order valence-electron chi connectivity index (χ3n) is 7.56. The highest BCUT2D eigenvalue weighted by molar-refractivity contribution is 8.01. The van der Waals surface area contributed by atoms with Crippen LogP contribution in [0.4, 0.5) is 0 Å². The second-order valence-corrected chi connectivity index (χ2v) is 13.2. The number of hydrogen-bond acceptors (Lipinski definition) is 2. The van der Waals surface area contributed by atoms with Crippen molar-refractivity contribution in [3.8, 4) is 22.3 Å². The summed E-state index contributed by atoms with van der Waals surface area (Å²) in [6.07, 6.45) is 0. The van der Waals surface area contributed by atoms with E-state index in [0.717, 1.165) is 0 Å². The first kappa shape index (κ1) is 23.0. The quantitative estimate of drug-likeness (QED) is 0.218. The molecule has 0 unspecified atom stereocenters. The Labute approximate surface area is 228 Å². The largest absolute Gasteiger partial charge is 0.247 e. The van der Waals surface area contributed by atoms with Crippen LogP contribution in [-0.4, -0.2) is 6.71 Å². The number of hydrogen-bond donors (Lipinski definition) is 0. The summed E-state index contributed by atoms with van der Waals surface area (Å²) < 4.78 is 0. The number of benzene rings is 5. The van der Waals surface area contributed by atoms with Gasteiger partial charge in [-0.1, -0.05) is 140 Å². The highest BCUT2D eigenvalue weighted by Crippen LogP contribution is 2.42. The van der Waals surface area contributed by atoms with Crippen molar-refractivity contribution in [2.24, 2.45) is 0 Å². The van der Waals surface area contributed by atoms with E-state index in [4.69, 9.17) is 0 Å². The summed E-state index contributed by atoms with van der Waals surface area (Å²) in [6.45, 7) is 7.23. The second-order valence-electron chi connectivity index (χ2n) is 11.0. The van der Waals surface area contributed by atoms with Crippen molar-refractivity contribution in [2.45, 2.75) is 45.8 Å². The van der Waals surface area contributed by atoms with Crippen LogP contribution in [0.1, 0.15) is 26.3 Å². The standard InChI is InChI=1S/C34H27BS2/c1-34(2,3)26-20-31-33-32(21-26)37-30-19-25(23-12-8-5-9-13-23)15-17-28(30)35(33)27-16-14-24(18-29(27)36-31)22-10-6-4-7-11-22/h4-21H,1-3H3. The van der Waals surface area contributed by atoms with Crippen molar-refractivity contribution in [1.29, 1.82) is 0 Å². The molecule has 0 atom stereocenters. The summed E-state index contributed by atoms with van der Waals surface area (Å²) in [5, 5.41) is 0. The van der Waals surface area contributed by atoms with Gasteiger partial charge >= 0.3 is 0 Å². The van der Waals surface area contributed by atoms with Crippen LogP contribution in [0.2, 0.25) is 0 Å². The van der Waals surface area contributed by atoms with E-state index in [-0.39, 0.29) is 12.1 Å². The summed E-state index contributed by atoms with van der Waals surface area (Å²) in [5.74, 6) is 0. The summed E-state index contributed by atoms with van der Waals surface area (Å²) in [6, 6.07) is 40.6. The molecule has 0 bridgehead atoms. The zero-order valence-corrected chi connectivity index (χ0v) is 22.9. The molecule has 3 heteroatoms. The van der Waals surface area contributed by atoms with Crippen molar-refractivity contribution >= 4 is 46.6 Å². The van der Waals surface area contributed by atoms with Crippen molar-refractivity contribution in [3.05, 3.63) is 115 Å². The monoisotopic (exact) mass is 510 g/mol. The van der Waals surface area contributed by atoms with Gasteiger partial charge in [0.25, 0.3) is 0 Å². The highest BCUT2D eigenvalue weighted by atomic mass is 32.2. The smallest absolute Gasteiger partial charge is 0.0911 e. The van der Waals surface area contributed by atoms with Crippen molar-refractivity contribution in [1.82, 2.24) is 0 Å². The first-order valence-electron chi connectivity index (χ1n) is 12.9. The maximum atomic E-state index is 2.46. The molecule has 5 aromatic rings. The molecule has 2 aliphatic heterocycles. The van der Waals surface area contributed by atoms with Gasteiger partial charge in [0.05, 0.1) is 0 Å². The lowest BCUT2D eigenvalue weighted by molar-refractivity contribution is 0.587. The summed E-state index contributed by atoms with van der Waals surface area (Å²) >= 11 is 3.90. The van der Waals surface area contributed by atoms with E-state index in [1.54, 1.807) is 0 Å². The van der Waals surface area contributed by atoms with Gasteiger partial charge in [-0.3, -0.25) is 0 Å². The molecule has 2 aliphatic rings. The molecule has 0 radical (unpaired) electrons. The minimum absolute atomic E-state index is 0.0977. The summed E-state index contributed by atoms with van der Waals surface area (Å²) in [5.41, 5.74) is 11.0. The molecule has 0 N–H and O–H groups in total. The van der Waals surface area contributed by atoms with Crippen LogP contribution in [0.5, 0.6) is 0 Å². The van der Waals surface area contributed by atoms with Gasteiger partial charge in [-0.25, -0.2) is 0 Å². The van der Waals surface area contributed by atoms with E-state index in [9.17, 15) is 0 Å². The minimum Gasteiger partial charge on any atom is -0.0911 e. The second kappa shape index (κ2) is 8.72. The van der Waals surface area contributed by atoms with Crippen molar-refractivity contribution in [3.63, 3.8) is 0 Å². The first-order valence-corrected chi connectivity index (χ1v) is 14.5. The fourth-order valence-corrected chi connectivity index (χ4v) is 8.11. The molecule has 0 fully saturated rings. The Morgan fingerprint density at radius 3 is 1.38 bits per heavy atom. The van der Waals surface area contributed by atoms with Crippen LogP contribution in [0.25, 0.3) is 22.3 Å². The molecule has 0 saturated carbocycles. The van der Waals surface area contributed by atoms with Gasteiger partial charge in [0.15, 0.2) is 0 Å². The summed E-state index contributed by atoms with van der Waals surface area (Å²) in [4.78, 5) is 5.58. The Morgan fingerprint density at radius 1 is 0.486 bits per heavy atom. The SMILES string of the molecule is CC(C)(C)c1cc2c3c(c1)Sc1cc(-c4ccccc4)ccc1B3c1ccc(-c3ccccc3)cc1S2. The zero-order valence-electron chi connectivity index (χ0n) is 21.3. The van der Waals surface area contributed by atoms with Gasteiger partial charge in [-0.2, -0.15) is 0 Å². The van der Waals surface area contributed by atoms with E-state index in [1.165, 1.54) is 63.8 Å². The van der Waals surface area contributed by atoms with Gasteiger partial charge in [0, 0.05) is 19.6 Å². The first-order chi connectivity index (χ1) is 18.0. The molecule has 0 aromatic heterocycles. The van der Waals surface area contributed by atoms with E-state index < -0.39 is 0 Å². The Balaban J connectivity index is 1.43. The van der Waals surface area contributed by atoms with Crippen LogP contribution in [0.15, 0.2) is 129 Å². The minimum atomic E-state index is 0.0977. The molecular formula is C34H27BS2. The van der Waals surface area contributed by atoms with Gasteiger partial charge < -0.3 is 0 Å². The zero-order chi connectivity index (χ0) is 25.1. The van der Waals surface area contributed by atoms with E-state index in [2.05, 4.69) is 130 Å². The Morgan fingerprint density at radius 2 is 0.946 bits per heavy atom. The third-order valence-corrected chi connectivity index (χ3v) is 9.82. The molecule has 37 heavy (non-hydrogen) atoms.